The van der Waals surface area contributed by atoms with Gasteiger partial charge in [0.1, 0.15) is 0 Å². The lowest BCUT2D eigenvalue weighted by Crippen LogP contribution is -2.69. The summed E-state index contributed by atoms with van der Waals surface area (Å²) in [6.07, 6.45) is 2.01. The molecule has 0 spiro atoms. The summed E-state index contributed by atoms with van der Waals surface area (Å²) < 4.78 is -0.0982. The van der Waals surface area contributed by atoms with Gasteiger partial charge in [0.2, 0.25) is 5.91 Å². The van der Waals surface area contributed by atoms with Crippen LogP contribution in [0.3, 0.4) is 0 Å². The maximum absolute atomic E-state index is 11.9. The predicted molar refractivity (Wildman–Crippen MR) is 66.5 cm³/mol. The summed E-state index contributed by atoms with van der Waals surface area (Å²) in [6, 6.07) is -0.222. The number of thioether (sulfide) groups is 1. The quantitative estimate of drug-likeness (QED) is 0.694. The van der Waals surface area contributed by atoms with Crippen LogP contribution in [0.5, 0.6) is 0 Å². The number of urea groups is 1. The van der Waals surface area contributed by atoms with Gasteiger partial charge >= 0.3 is 6.03 Å². The molecule has 1 fully saturated rings. The minimum Gasteiger partial charge on any atom is -0.330 e. The number of amides is 3. The second-order valence-electron chi connectivity index (χ2n) is 4.93. The van der Waals surface area contributed by atoms with Crippen LogP contribution in [0.25, 0.3) is 0 Å². The molecule has 1 rings (SSSR count). The molecule has 2 atom stereocenters. The van der Waals surface area contributed by atoms with Gasteiger partial charge in [-0.3, -0.25) is 9.69 Å². The van der Waals surface area contributed by atoms with Crippen LogP contribution < -0.4 is 0 Å². The number of rotatable bonds is 2. The molecule has 16 heavy (non-hydrogen) atoms. The monoisotopic (exact) mass is 244 g/mol. The number of carbonyl (C=O) groups is 2. The Morgan fingerprint density at radius 3 is 2.31 bits per heavy atom. The van der Waals surface area contributed by atoms with Crippen molar-refractivity contribution in [1.82, 2.24) is 9.80 Å². The van der Waals surface area contributed by atoms with Gasteiger partial charge in [0, 0.05) is 18.8 Å². The Morgan fingerprint density at radius 2 is 1.94 bits per heavy atom. The van der Waals surface area contributed by atoms with Crippen LogP contribution in [0.15, 0.2) is 0 Å². The van der Waals surface area contributed by atoms with Crippen molar-refractivity contribution in [2.24, 2.45) is 5.92 Å². The van der Waals surface area contributed by atoms with Crippen molar-refractivity contribution in [2.75, 3.05) is 20.4 Å². The number of carbonyl (C=O) groups excluding carboxylic acids is 2. The van der Waals surface area contributed by atoms with E-state index in [-0.39, 0.29) is 28.6 Å². The molecule has 0 aromatic rings. The molecule has 0 bridgehead atoms. The maximum Gasteiger partial charge on any atom is 0.326 e. The average Bonchev–Trinajstić information content (AvgIpc) is 2.22. The lowest BCUT2D eigenvalue weighted by molar-refractivity contribution is -0.151. The lowest BCUT2D eigenvalue weighted by Gasteiger charge is -2.51. The van der Waals surface area contributed by atoms with Gasteiger partial charge in [-0.1, -0.05) is 6.92 Å². The van der Waals surface area contributed by atoms with Gasteiger partial charge in [-0.2, -0.15) is 11.8 Å². The highest BCUT2D eigenvalue weighted by Gasteiger charge is 2.54. The van der Waals surface area contributed by atoms with E-state index in [9.17, 15) is 9.59 Å². The molecule has 3 amide bonds. The van der Waals surface area contributed by atoms with E-state index in [4.69, 9.17) is 0 Å². The van der Waals surface area contributed by atoms with E-state index in [0.29, 0.717) is 0 Å². The summed E-state index contributed by atoms with van der Waals surface area (Å²) in [4.78, 5) is 26.5. The molecule has 5 heteroatoms. The highest BCUT2D eigenvalue weighted by atomic mass is 32.2. The van der Waals surface area contributed by atoms with E-state index in [1.54, 1.807) is 25.9 Å². The van der Waals surface area contributed by atoms with Crippen molar-refractivity contribution in [3.8, 4) is 0 Å². The normalized spacial score (nSPS) is 25.4. The summed E-state index contributed by atoms with van der Waals surface area (Å²) in [5, 5.41) is 0. The van der Waals surface area contributed by atoms with E-state index in [2.05, 4.69) is 13.8 Å². The van der Waals surface area contributed by atoms with Crippen LogP contribution in [0, 0.1) is 5.92 Å². The van der Waals surface area contributed by atoms with Gasteiger partial charge in [-0.15, -0.1) is 0 Å². The zero-order valence-electron chi connectivity index (χ0n) is 10.8. The summed E-state index contributed by atoms with van der Waals surface area (Å²) in [7, 11) is 3.34. The number of nitrogens with zero attached hydrogens (tertiary/aromatic N) is 2. The molecule has 1 aliphatic heterocycles. The molecule has 1 saturated heterocycles. The standard InChI is InChI=1S/C11H20N2O2S/c1-7-8(11(2,3)16-6)13(9(7)14)10(15)12(4)5/h7-8H,1-6H3. The Balaban J connectivity index is 2.93. The Bertz CT molecular complexity index is 315. The van der Waals surface area contributed by atoms with Crippen LogP contribution in [0.1, 0.15) is 20.8 Å². The molecule has 0 saturated carbocycles. The SMILES string of the molecule is CSC(C)(C)C1C(C)C(=O)N1C(=O)N(C)C. The predicted octanol–water partition coefficient (Wildman–Crippen LogP) is 1.66. The fraction of sp³-hybridized carbons (Fsp3) is 0.818. The van der Waals surface area contributed by atoms with Crippen molar-refractivity contribution in [1.29, 1.82) is 0 Å². The number of β-lactam (4-membered cyclic amide) rings is 1. The zero-order valence-corrected chi connectivity index (χ0v) is 11.6. The number of hydrogen-bond donors (Lipinski definition) is 0. The molecule has 0 aromatic carbocycles. The van der Waals surface area contributed by atoms with Gasteiger partial charge in [0.15, 0.2) is 0 Å². The molecule has 92 valence electrons. The summed E-state index contributed by atoms with van der Waals surface area (Å²) in [5.41, 5.74) is 0. The number of likely N-dealkylation sites (tertiary alicyclic amines) is 1. The van der Waals surface area contributed by atoms with Crippen LogP contribution >= 0.6 is 11.8 Å². The third-order valence-electron chi connectivity index (χ3n) is 3.21. The molecular formula is C11H20N2O2S. The van der Waals surface area contributed by atoms with Crippen molar-refractivity contribution in [3.63, 3.8) is 0 Å². The van der Waals surface area contributed by atoms with Gasteiger partial charge in [0.25, 0.3) is 0 Å². The van der Waals surface area contributed by atoms with Crippen LogP contribution in [0.4, 0.5) is 4.79 Å². The molecule has 0 N–H and O–H groups in total. The first kappa shape index (κ1) is 13.4. The Morgan fingerprint density at radius 1 is 1.44 bits per heavy atom. The van der Waals surface area contributed by atoms with Crippen LogP contribution in [-0.4, -0.2) is 52.9 Å². The summed E-state index contributed by atoms with van der Waals surface area (Å²) >= 11 is 1.69. The molecule has 0 radical (unpaired) electrons. The molecule has 2 unspecified atom stereocenters. The fourth-order valence-electron chi connectivity index (χ4n) is 2.10. The molecule has 1 aliphatic rings. The highest BCUT2D eigenvalue weighted by Crippen LogP contribution is 2.41. The first-order valence-electron chi connectivity index (χ1n) is 5.33. The Labute approximate surface area is 101 Å². The second kappa shape index (κ2) is 4.28. The third-order valence-corrected chi connectivity index (χ3v) is 4.50. The summed E-state index contributed by atoms with van der Waals surface area (Å²) in [6.45, 7) is 6.03. The topological polar surface area (TPSA) is 40.6 Å². The van der Waals surface area contributed by atoms with E-state index in [1.807, 2.05) is 13.2 Å². The summed E-state index contributed by atoms with van der Waals surface area (Å²) in [5.74, 6) is -0.128. The average molecular weight is 244 g/mol. The zero-order chi connectivity index (χ0) is 12.7. The molecule has 4 nitrogen and oxygen atoms in total. The first-order valence-corrected chi connectivity index (χ1v) is 6.56. The van der Waals surface area contributed by atoms with Crippen molar-refractivity contribution in [2.45, 2.75) is 31.6 Å². The van der Waals surface area contributed by atoms with Crippen LogP contribution in [0.2, 0.25) is 0 Å². The Hall–Kier alpha value is -0.710. The number of imide groups is 1. The van der Waals surface area contributed by atoms with Crippen molar-refractivity contribution in [3.05, 3.63) is 0 Å². The van der Waals surface area contributed by atoms with Gasteiger partial charge in [-0.05, 0) is 20.1 Å². The van der Waals surface area contributed by atoms with E-state index < -0.39 is 0 Å². The molecule has 0 aromatic heterocycles. The third kappa shape index (κ3) is 1.93. The minimum atomic E-state index is -0.213. The van der Waals surface area contributed by atoms with Gasteiger partial charge in [-0.25, -0.2) is 4.79 Å². The van der Waals surface area contributed by atoms with Gasteiger partial charge in [0.05, 0.1) is 12.0 Å². The first-order chi connectivity index (χ1) is 7.24. The molecular weight excluding hydrogens is 224 g/mol. The van der Waals surface area contributed by atoms with E-state index in [0.717, 1.165) is 0 Å². The molecule has 1 heterocycles. The van der Waals surface area contributed by atoms with Crippen molar-refractivity contribution < 1.29 is 9.59 Å². The lowest BCUT2D eigenvalue weighted by atomic mass is 9.81. The smallest absolute Gasteiger partial charge is 0.326 e. The Kier molecular flexibility index (Phi) is 3.57. The highest BCUT2D eigenvalue weighted by molar-refractivity contribution is 8.00. The fourth-order valence-corrected chi connectivity index (χ4v) is 2.65. The second-order valence-corrected chi connectivity index (χ2v) is 6.39. The van der Waals surface area contributed by atoms with E-state index in [1.165, 1.54) is 9.80 Å². The van der Waals surface area contributed by atoms with Crippen molar-refractivity contribution >= 4 is 23.7 Å². The van der Waals surface area contributed by atoms with Gasteiger partial charge < -0.3 is 4.90 Å². The van der Waals surface area contributed by atoms with Crippen LogP contribution in [-0.2, 0) is 4.79 Å². The number of hydrogen-bond acceptors (Lipinski definition) is 3. The van der Waals surface area contributed by atoms with E-state index >= 15 is 0 Å². The minimum absolute atomic E-state index is 0.00935. The maximum atomic E-state index is 11.9. The largest absolute Gasteiger partial charge is 0.330 e. The molecule has 0 aliphatic carbocycles.